The Bertz CT molecular complexity index is 1110. The van der Waals surface area contributed by atoms with Gasteiger partial charge in [0, 0.05) is 30.6 Å². The molecule has 0 aliphatic carbocycles. The highest BCUT2D eigenvalue weighted by Gasteiger charge is 2.16. The number of carboxylic acids is 1. The van der Waals surface area contributed by atoms with Crippen LogP contribution in [0.3, 0.4) is 0 Å². The molecule has 0 radical (unpaired) electrons. The molecule has 0 bridgehead atoms. The molecule has 2 heterocycles. The minimum absolute atomic E-state index is 0.557. The fourth-order valence-corrected chi connectivity index (χ4v) is 3.73. The highest BCUT2D eigenvalue weighted by molar-refractivity contribution is 5.86. The molecule has 1 aliphatic rings. The summed E-state index contributed by atoms with van der Waals surface area (Å²) < 4.78 is 5.46. The summed E-state index contributed by atoms with van der Waals surface area (Å²) in [5.74, 6) is -1.40. The number of ether oxygens (including phenoxy) is 1. The van der Waals surface area contributed by atoms with E-state index in [0.717, 1.165) is 66.1 Å². The Morgan fingerprint density at radius 1 is 1.20 bits per heavy atom. The van der Waals surface area contributed by atoms with Gasteiger partial charge >= 0.3 is 5.97 Å². The van der Waals surface area contributed by atoms with E-state index < -0.39 is 11.9 Å². The number of carbonyl (C=O) groups is 1. The van der Waals surface area contributed by atoms with Crippen molar-refractivity contribution in [3.05, 3.63) is 65.2 Å². The Kier molecular flexibility index (Phi) is 5.75. The average molecular weight is 401 g/mol. The number of rotatable bonds is 5. The molecule has 0 spiro atoms. The van der Waals surface area contributed by atoms with Gasteiger partial charge in [-0.1, -0.05) is 30.3 Å². The smallest absolute Gasteiger partial charge is 0.310 e. The monoisotopic (exact) mass is 401 g/mol. The number of nitrogens with zero attached hydrogens (tertiary/aromatic N) is 3. The summed E-state index contributed by atoms with van der Waals surface area (Å²) >= 11 is 0. The molecule has 6 heteroatoms. The molecule has 1 saturated heterocycles. The largest absolute Gasteiger partial charge is 0.481 e. The summed E-state index contributed by atoms with van der Waals surface area (Å²) in [4.78, 5) is 18.4. The number of hydrogen-bond donors (Lipinski definition) is 1. The number of aromatic nitrogens is 1. The van der Waals surface area contributed by atoms with E-state index >= 15 is 0 Å². The maximum atomic E-state index is 11.2. The van der Waals surface area contributed by atoms with Crippen molar-refractivity contribution >= 4 is 16.9 Å². The number of carboxylic acid groups (broad SMARTS) is 1. The summed E-state index contributed by atoms with van der Waals surface area (Å²) in [7, 11) is 0. The number of fused-ring (bicyclic) bond motifs is 1. The normalized spacial score (nSPS) is 15.6. The van der Waals surface area contributed by atoms with Gasteiger partial charge in [-0.25, -0.2) is 4.98 Å². The van der Waals surface area contributed by atoms with E-state index in [2.05, 4.69) is 17.0 Å². The molecule has 1 N–H and O–H groups in total. The first-order valence-corrected chi connectivity index (χ1v) is 10.0. The lowest BCUT2D eigenvalue weighted by molar-refractivity contribution is -0.138. The van der Waals surface area contributed by atoms with Gasteiger partial charge in [-0.15, -0.1) is 0 Å². The molecular weight excluding hydrogens is 378 g/mol. The van der Waals surface area contributed by atoms with Crippen LogP contribution in [0, 0.1) is 11.3 Å². The van der Waals surface area contributed by atoms with Gasteiger partial charge in [-0.05, 0) is 36.2 Å². The van der Waals surface area contributed by atoms with Gasteiger partial charge in [0.05, 0.1) is 42.0 Å². The standard InChI is InChI=1S/C24H23N3O3/c1-16(24(28)29)18-3-5-19(6-4-18)22-13-20(15-27-8-10-30-11-9-27)21-7-2-17(14-25)12-23(21)26-22/h2-7,12-13,16H,8-11,15H2,1H3,(H,28,29). The average Bonchev–Trinajstić information content (AvgIpc) is 2.78. The van der Waals surface area contributed by atoms with Crippen molar-refractivity contribution in [3.63, 3.8) is 0 Å². The van der Waals surface area contributed by atoms with Crippen molar-refractivity contribution in [2.45, 2.75) is 19.4 Å². The van der Waals surface area contributed by atoms with E-state index in [9.17, 15) is 15.2 Å². The molecule has 1 unspecified atom stereocenters. The third kappa shape index (κ3) is 4.18. The van der Waals surface area contributed by atoms with Gasteiger partial charge < -0.3 is 9.84 Å². The second kappa shape index (κ2) is 8.62. The molecule has 4 rings (SSSR count). The molecule has 1 fully saturated rings. The molecular formula is C24H23N3O3. The Hall–Kier alpha value is -3.27. The summed E-state index contributed by atoms with van der Waals surface area (Å²) in [6.07, 6.45) is 0. The van der Waals surface area contributed by atoms with Gasteiger partial charge in [0.25, 0.3) is 0 Å². The predicted molar refractivity (Wildman–Crippen MR) is 114 cm³/mol. The SMILES string of the molecule is CC(C(=O)O)c1ccc(-c2cc(CN3CCOCC3)c3ccc(C#N)cc3n2)cc1. The summed E-state index contributed by atoms with van der Waals surface area (Å²) in [5.41, 5.74) is 5.02. The van der Waals surface area contributed by atoms with Gasteiger partial charge in [0.1, 0.15) is 0 Å². The first kappa shape index (κ1) is 20.0. The highest BCUT2D eigenvalue weighted by atomic mass is 16.5. The van der Waals surface area contributed by atoms with Crippen LogP contribution >= 0.6 is 0 Å². The second-order valence-corrected chi connectivity index (χ2v) is 7.58. The van der Waals surface area contributed by atoms with Crippen molar-refractivity contribution in [2.24, 2.45) is 0 Å². The van der Waals surface area contributed by atoms with E-state index in [1.807, 2.05) is 42.5 Å². The molecule has 30 heavy (non-hydrogen) atoms. The summed E-state index contributed by atoms with van der Waals surface area (Å²) in [6.45, 7) is 5.70. The van der Waals surface area contributed by atoms with Crippen LogP contribution in [0.1, 0.15) is 29.5 Å². The number of nitriles is 1. The zero-order chi connectivity index (χ0) is 21.1. The lowest BCUT2D eigenvalue weighted by Gasteiger charge is -2.27. The van der Waals surface area contributed by atoms with Crippen LogP contribution in [-0.2, 0) is 16.1 Å². The van der Waals surface area contributed by atoms with E-state index in [1.54, 1.807) is 6.92 Å². The third-order valence-electron chi connectivity index (χ3n) is 5.60. The summed E-state index contributed by atoms with van der Waals surface area (Å²) in [6, 6.07) is 17.4. The van der Waals surface area contributed by atoms with E-state index in [0.29, 0.717) is 5.56 Å². The lowest BCUT2D eigenvalue weighted by atomic mass is 9.98. The zero-order valence-electron chi connectivity index (χ0n) is 16.8. The molecule has 1 atom stereocenters. The van der Waals surface area contributed by atoms with Crippen molar-refractivity contribution in [1.82, 2.24) is 9.88 Å². The fourth-order valence-electron chi connectivity index (χ4n) is 3.73. The predicted octanol–water partition coefficient (Wildman–Crippen LogP) is 3.79. The van der Waals surface area contributed by atoms with Crippen LogP contribution in [0.25, 0.3) is 22.2 Å². The zero-order valence-corrected chi connectivity index (χ0v) is 16.8. The third-order valence-corrected chi connectivity index (χ3v) is 5.60. The van der Waals surface area contributed by atoms with Crippen LogP contribution in [0.4, 0.5) is 0 Å². The lowest BCUT2D eigenvalue weighted by Crippen LogP contribution is -2.35. The van der Waals surface area contributed by atoms with E-state index in [1.165, 1.54) is 0 Å². The van der Waals surface area contributed by atoms with Crippen molar-refractivity contribution in [3.8, 4) is 17.3 Å². The highest BCUT2D eigenvalue weighted by Crippen LogP contribution is 2.28. The Morgan fingerprint density at radius 2 is 1.93 bits per heavy atom. The van der Waals surface area contributed by atoms with Crippen molar-refractivity contribution in [2.75, 3.05) is 26.3 Å². The van der Waals surface area contributed by atoms with E-state index in [4.69, 9.17) is 9.72 Å². The molecule has 2 aromatic carbocycles. The number of pyridine rings is 1. The van der Waals surface area contributed by atoms with Crippen LogP contribution in [0.2, 0.25) is 0 Å². The first-order chi connectivity index (χ1) is 14.5. The number of hydrogen-bond acceptors (Lipinski definition) is 5. The Balaban J connectivity index is 1.75. The van der Waals surface area contributed by atoms with Crippen molar-refractivity contribution in [1.29, 1.82) is 5.26 Å². The van der Waals surface area contributed by atoms with E-state index in [-0.39, 0.29) is 0 Å². The Morgan fingerprint density at radius 3 is 2.60 bits per heavy atom. The summed E-state index contributed by atoms with van der Waals surface area (Å²) in [5, 5.41) is 19.6. The molecule has 1 aromatic heterocycles. The van der Waals surface area contributed by atoms with Crippen LogP contribution in [0.15, 0.2) is 48.5 Å². The van der Waals surface area contributed by atoms with Gasteiger partial charge in [-0.3, -0.25) is 9.69 Å². The minimum Gasteiger partial charge on any atom is -0.481 e. The molecule has 6 nitrogen and oxygen atoms in total. The first-order valence-electron chi connectivity index (χ1n) is 10.0. The number of aliphatic carboxylic acids is 1. The van der Waals surface area contributed by atoms with Gasteiger partial charge in [0.2, 0.25) is 0 Å². The minimum atomic E-state index is -0.844. The quantitative estimate of drug-likeness (QED) is 0.700. The second-order valence-electron chi connectivity index (χ2n) is 7.58. The Labute approximate surface area is 175 Å². The van der Waals surface area contributed by atoms with Crippen LogP contribution in [-0.4, -0.2) is 47.3 Å². The number of benzene rings is 2. The van der Waals surface area contributed by atoms with Crippen LogP contribution in [0.5, 0.6) is 0 Å². The molecule has 0 saturated carbocycles. The maximum Gasteiger partial charge on any atom is 0.310 e. The van der Waals surface area contributed by atoms with Crippen LogP contribution < -0.4 is 0 Å². The maximum absolute atomic E-state index is 11.2. The molecule has 3 aromatic rings. The molecule has 0 amide bonds. The van der Waals surface area contributed by atoms with Gasteiger partial charge in [0.15, 0.2) is 0 Å². The molecule has 1 aliphatic heterocycles. The fraction of sp³-hybridized carbons (Fsp3) is 0.292. The van der Waals surface area contributed by atoms with Crippen molar-refractivity contribution < 1.29 is 14.6 Å². The topological polar surface area (TPSA) is 86.5 Å². The number of morpholine rings is 1. The molecule has 152 valence electrons. The van der Waals surface area contributed by atoms with Gasteiger partial charge in [-0.2, -0.15) is 5.26 Å².